The second kappa shape index (κ2) is 7.66. The largest absolute Gasteiger partial charge is 0.444 e. The van der Waals surface area contributed by atoms with Crippen LogP contribution in [0.4, 0.5) is 4.79 Å². The minimum Gasteiger partial charge on any atom is -0.444 e. The molecule has 1 unspecified atom stereocenters. The Morgan fingerprint density at radius 2 is 1.81 bits per heavy atom. The number of likely N-dealkylation sites (N-methyl/N-ethyl adjacent to an activating group) is 1. The van der Waals surface area contributed by atoms with Gasteiger partial charge in [0, 0.05) is 13.6 Å². The van der Waals surface area contributed by atoms with Crippen LogP contribution in [0, 0.1) is 5.92 Å². The van der Waals surface area contributed by atoms with Crippen LogP contribution < -0.4 is 5.32 Å². The van der Waals surface area contributed by atoms with Gasteiger partial charge in [0.1, 0.15) is 11.6 Å². The number of hydrogen-bond acceptors (Lipinski definition) is 3. The summed E-state index contributed by atoms with van der Waals surface area (Å²) in [6, 6.07) is -0.562. The van der Waals surface area contributed by atoms with E-state index in [4.69, 9.17) is 4.74 Å². The zero-order valence-electron chi connectivity index (χ0n) is 14.1. The monoisotopic (exact) mass is 298 g/mol. The van der Waals surface area contributed by atoms with Crippen LogP contribution in [0.25, 0.3) is 0 Å². The highest BCUT2D eigenvalue weighted by Gasteiger charge is 2.25. The number of carbonyl (C=O) groups is 2. The Balaban J connectivity index is 2.39. The summed E-state index contributed by atoms with van der Waals surface area (Å²) >= 11 is 0. The Morgan fingerprint density at radius 1 is 1.24 bits per heavy atom. The molecule has 0 bridgehead atoms. The first kappa shape index (κ1) is 17.8. The van der Waals surface area contributed by atoms with Gasteiger partial charge in [-0.15, -0.1) is 0 Å². The molecule has 1 aliphatic carbocycles. The van der Waals surface area contributed by atoms with Crippen molar-refractivity contribution in [1.82, 2.24) is 10.2 Å². The molecule has 0 aromatic heterocycles. The minimum atomic E-state index is -0.562. The van der Waals surface area contributed by atoms with Crippen LogP contribution in [0.2, 0.25) is 0 Å². The predicted molar refractivity (Wildman–Crippen MR) is 83.0 cm³/mol. The van der Waals surface area contributed by atoms with E-state index < -0.39 is 17.7 Å². The van der Waals surface area contributed by atoms with Gasteiger partial charge in [-0.2, -0.15) is 0 Å². The summed E-state index contributed by atoms with van der Waals surface area (Å²) in [5.41, 5.74) is -0.555. The average molecular weight is 298 g/mol. The standard InChI is InChI=1S/C16H30N2O3/c1-12(17-15(20)21-16(2,3)4)14(19)18(5)11-13-9-7-6-8-10-13/h12-13H,6-11H2,1-5H3,(H,17,20). The van der Waals surface area contributed by atoms with Gasteiger partial charge in [-0.3, -0.25) is 4.79 Å². The molecule has 2 amide bonds. The third-order valence-corrected chi connectivity index (χ3v) is 3.74. The number of rotatable bonds is 4. The molecule has 0 heterocycles. The average Bonchev–Trinajstić information content (AvgIpc) is 2.36. The van der Waals surface area contributed by atoms with E-state index in [0.717, 1.165) is 6.54 Å². The quantitative estimate of drug-likeness (QED) is 0.868. The number of hydrogen-bond donors (Lipinski definition) is 1. The predicted octanol–water partition coefficient (Wildman–Crippen LogP) is 2.94. The van der Waals surface area contributed by atoms with Crippen molar-refractivity contribution in [3.8, 4) is 0 Å². The maximum Gasteiger partial charge on any atom is 0.408 e. The highest BCUT2D eigenvalue weighted by Crippen LogP contribution is 2.24. The second-order valence-corrected chi connectivity index (χ2v) is 7.09. The van der Waals surface area contributed by atoms with Gasteiger partial charge < -0.3 is 15.0 Å². The first-order valence-electron chi connectivity index (χ1n) is 7.93. The fraction of sp³-hybridized carbons (Fsp3) is 0.875. The zero-order valence-corrected chi connectivity index (χ0v) is 14.1. The van der Waals surface area contributed by atoms with Crippen LogP contribution in [-0.4, -0.2) is 42.1 Å². The van der Waals surface area contributed by atoms with E-state index in [1.165, 1.54) is 32.1 Å². The number of carbonyl (C=O) groups excluding carboxylic acids is 2. The SMILES string of the molecule is CC(NC(=O)OC(C)(C)C)C(=O)N(C)CC1CCCCC1. The molecular weight excluding hydrogens is 268 g/mol. The van der Waals surface area contributed by atoms with Crippen LogP contribution in [-0.2, 0) is 9.53 Å². The first-order valence-corrected chi connectivity index (χ1v) is 7.93. The molecule has 0 saturated heterocycles. The van der Waals surface area contributed by atoms with Gasteiger partial charge in [-0.1, -0.05) is 19.3 Å². The summed E-state index contributed by atoms with van der Waals surface area (Å²) in [6.45, 7) is 7.87. The molecule has 1 aliphatic rings. The summed E-state index contributed by atoms with van der Waals surface area (Å²) in [4.78, 5) is 25.7. The van der Waals surface area contributed by atoms with Crippen molar-refractivity contribution >= 4 is 12.0 Å². The van der Waals surface area contributed by atoms with Gasteiger partial charge in [0.2, 0.25) is 5.91 Å². The van der Waals surface area contributed by atoms with Crippen molar-refractivity contribution in [1.29, 1.82) is 0 Å². The van der Waals surface area contributed by atoms with Crippen molar-refractivity contribution in [3.63, 3.8) is 0 Å². The van der Waals surface area contributed by atoms with Gasteiger partial charge in [0.05, 0.1) is 0 Å². The molecule has 1 N–H and O–H groups in total. The lowest BCUT2D eigenvalue weighted by molar-refractivity contribution is -0.132. The topological polar surface area (TPSA) is 58.6 Å². The van der Waals surface area contributed by atoms with Crippen molar-refractivity contribution in [2.24, 2.45) is 5.92 Å². The minimum absolute atomic E-state index is 0.0635. The molecule has 0 aromatic rings. The molecule has 1 fully saturated rings. The zero-order chi connectivity index (χ0) is 16.0. The molecule has 0 radical (unpaired) electrons. The van der Waals surface area contributed by atoms with Crippen molar-refractivity contribution in [3.05, 3.63) is 0 Å². The molecule has 122 valence electrons. The Hall–Kier alpha value is -1.26. The number of alkyl carbamates (subject to hydrolysis) is 1. The van der Waals surface area contributed by atoms with Crippen LogP contribution in [0.3, 0.4) is 0 Å². The first-order chi connectivity index (χ1) is 9.69. The molecule has 1 saturated carbocycles. The summed E-state index contributed by atoms with van der Waals surface area (Å²) in [7, 11) is 1.81. The Morgan fingerprint density at radius 3 is 2.33 bits per heavy atom. The molecule has 0 aromatic carbocycles. The number of nitrogens with zero attached hydrogens (tertiary/aromatic N) is 1. The highest BCUT2D eigenvalue weighted by atomic mass is 16.6. The van der Waals surface area contributed by atoms with Gasteiger partial charge in [-0.05, 0) is 46.5 Å². The number of nitrogens with one attached hydrogen (secondary N) is 1. The van der Waals surface area contributed by atoms with E-state index >= 15 is 0 Å². The lowest BCUT2D eigenvalue weighted by Gasteiger charge is -2.29. The number of ether oxygens (including phenoxy) is 1. The lowest BCUT2D eigenvalue weighted by Crippen LogP contribution is -2.48. The van der Waals surface area contributed by atoms with Crippen LogP contribution in [0.1, 0.15) is 59.8 Å². The van der Waals surface area contributed by atoms with E-state index in [9.17, 15) is 9.59 Å². The van der Waals surface area contributed by atoms with Gasteiger partial charge in [0.25, 0.3) is 0 Å². The lowest BCUT2D eigenvalue weighted by atomic mass is 9.89. The normalized spacial score (nSPS) is 18.0. The molecule has 5 heteroatoms. The smallest absolute Gasteiger partial charge is 0.408 e. The molecule has 0 aliphatic heterocycles. The van der Waals surface area contributed by atoms with Crippen molar-refractivity contribution < 1.29 is 14.3 Å². The second-order valence-electron chi connectivity index (χ2n) is 7.09. The van der Waals surface area contributed by atoms with Gasteiger partial charge >= 0.3 is 6.09 Å². The van der Waals surface area contributed by atoms with E-state index in [1.807, 2.05) is 7.05 Å². The fourth-order valence-electron chi connectivity index (χ4n) is 2.72. The summed E-state index contributed by atoms with van der Waals surface area (Å²) in [5, 5.41) is 2.60. The van der Waals surface area contributed by atoms with E-state index in [0.29, 0.717) is 5.92 Å². The summed E-state index contributed by atoms with van der Waals surface area (Å²) in [5.74, 6) is 0.535. The maximum atomic E-state index is 12.3. The van der Waals surface area contributed by atoms with Crippen molar-refractivity contribution in [2.75, 3.05) is 13.6 Å². The molecular formula is C16H30N2O3. The molecule has 0 spiro atoms. The molecule has 5 nitrogen and oxygen atoms in total. The third kappa shape index (κ3) is 6.82. The van der Waals surface area contributed by atoms with Gasteiger partial charge in [-0.25, -0.2) is 4.79 Å². The highest BCUT2D eigenvalue weighted by molar-refractivity contribution is 5.85. The summed E-state index contributed by atoms with van der Waals surface area (Å²) in [6.07, 6.45) is 5.69. The maximum absolute atomic E-state index is 12.3. The Labute approximate surface area is 128 Å². The van der Waals surface area contributed by atoms with Crippen LogP contribution >= 0.6 is 0 Å². The fourth-order valence-corrected chi connectivity index (χ4v) is 2.72. The Kier molecular flexibility index (Phi) is 6.49. The molecule has 21 heavy (non-hydrogen) atoms. The van der Waals surface area contributed by atoms with E-state index in [1.54, 1.807) is 32.6 Å². The summed E-state index contributed by atoms with van der Waals surface area (Å²) < 4.78 is 5.17. The van der Waals surface area contributed by atoms with Crippen molar-refractivity contribution in [2.45, 2.75) is 71.4 Å². The third-order valence-electron chi connectivity index (χ3n) is 3.74. The van der Waals surface area contributed by atoms with E-state index in [2.05, 4.69) is 5.32 Å². The van der Waals surface area contributed by atoms with E-state index in [-0.39, 0.29) is 5.91 Å². The van der Waals surface area contributed by atoms with Crippen LogP contribution in [0.15, 0.2) is 0 Å². The molecule has 1 atom stereocenters. The Bertz CT molecular complexity index is 357. The molecule has 1 rings (SSSR count). The van der Waals surface area contributed by atoms with Crippen LogP contribution in [0.5, 0.6) is 0 Å². The number of amides is 2. The van der Waals surface area contributed by atoms with Gasteiger partial charge in [0.15, 0.2) is 0 Å².